The van der Waals surface area contributed by atoms with Crippen LogP contribution in [0.5, 0.6) is 0 Å². The Balaban J connectivity index is 1.60. The zero-order chi connectivity index (χ0) is 24.6. The van der Waals surface area contributed by atoms with Gasteiger partial charge in [-0.05, 0) is 35.4 Å². The molecule has 4 aromatic rings. The number of aromatic nitrogens is 1. The van der Waals surface area contributed by atoms with Gasteiger partial charge in [-0.1, -0.05) is 60.7 Å². The van der Waals surface area contributed by atoms with Crippen molar-refractivity contribution in [2.24, 2.45) is 0 Å². The highest BCUT2D eigenvalue weighted by Crippen LogP contribution is 2.40. The highest BCUT2D eigenvalue weighted by atomic mass is 32.2. The van der Waals surface area contributed by atoms with Crippen molar-refractivity contribution in [1.29, 1.82) is 0 Å². The molecule has 0 radical (unpaired) electrons. The zero-order valence-corrected chi connectivity index (χ0v) is 20.8. The molecule has 1 aromatic heterocycles. The van der Waals surface area contributed by atoms with Crippen LogP contribution >= 0.6 is 11.3 Å². The fraction of sp³-hybridized carbons (Fsp3) is 0.111. The van der Waals surface area contributed by atoms with Gasteiger partial charge in [0.05, 0.1) is 27.7 Å². The predicted octanol–water partition coefficient (Wildman–Crippen LogP) is 5.07. The number of sulfonamides is 1. The maximum atomic E-state index is 13.9. The van der Waals surface area contributed by atoms with E-state index in [0.29, 0.717) is 16.8 Å². The Morgan fingerprint density at radius 1 is 0.971 bits per heavy atom. The lowest BCUT2D eigenvalue weighted by molar-refractivity contribution is -0.112. The summed E-state index contributed by atoms with van der Waals surface area (Å²) in [7, 11) is -0.624. The van der Waals surface area contributed by atoms with Crippen LogP contribution in [0.4, 0.5) is 5.69 Å². The monoisotopic (exact) mass is 501 g/mol. The highest BCUT2D eigenvalue weighted by molar-refractivity contribution is 7.89. The molecule has 0 fully saturated rings. The highest BCUT2D eigenvalue weighted by Gasteiger charge is 2.34. The van der Waals surface area contributed by atoms with E-state index < -0.39 is 16.1 Å². The Labute approximate surface area is 208 Å². The number of carbonyl (C=O) groups is 1. The molecule has 0 aliphatic carbocycles. The number of nitrogens with zero attached hydrogens (tertiary/aromatic N) is 3. The third kappa shape index (κ3) is 4.20. The molecule has 0 atom stereocenters. The molecular weight excluding hydrogens is 478 g/mol. The molecule has 1 amide bonds. The minimum absolute atomic E-state index is 0.133. The van der Waals surface area contributed by atoms with Gasteiger partial charge in [-0.2, -0.15) is 4.31 Å². The molecule has 0 saturated heterocycles. The SMILES string of the molecule is CN1C(=O)/C(=C/c2cncs2)c2cc(S(=O)(=O)N(C)C(c3ccccc3)c3ccccc3)ccc21. The van der Waals surface area contributed by atoms with Crippen LogP contribution in [-0.4, -0.2) is 37.7 Å². The molecule has 0 unspecified atom stereocenters. The topological polar surface area (TPSA) is 70.6 Å². The number of thiazole rings is 1. The number of rotatable bonds is 6. The van der Waals surface area contributed by atoms with Crippen LogP contribution in [0.3, 0.4) is 0 Å². The molecular formula is C27H23N3O3S2. The minimum atomic E-state index is -3.91. The maximum Gasteiger partial charge on any atom is 0.258 e. The van der Waals surface area contributed by atoms with Crippen molar-refractivity contribution >= 4 is 44.6 Å². The summed E-state index contributed by atoms with van der Waals surface area (Å²) < 4.78 is 29.2. The number of anilines is 1. The summed E-state index contributed by atoms with van der Waals surface area (Å²) in [5, 5.41) is 0. The second-order valence-electron chi connectivity index (χ2n) is 8.25. The van der Waals surface area contributed by atoms with Gasteiger partial charge >= 0.3 is 0 Å². The molecule has 35 heavy (non-hydrogen) atoms. The summed E-state index contributed by atoms with van der Waals surface area (Å²) in [5.74, 6) is -0.178. The summed E-state index contributed by atoms with van der Waals surface area (Å²) in [6, 6.07) is 23.5. The number of amides is 1. The minimum Gasteiger partial charge on any atom is -0.311 e. The predicted molar refractivity (Wildman–Crippen MR) is 140 cm³/mol. The summed E-state index contributed by atoms with van der Waals surface area (Å²) >= 11 is 1.42. The molecule has 8 heteroatoms. The van der Waals surface area contributed by atoms with Gasteiger partial charge in [-0.3, -0.25) is 9.78 Å². The van der Waals surface area contributed by atoms with Gasteiger partial charge in [0, 0.05) is 30.7 Å². The van der Waals surface area contributed by atoms with E-state index in [9.17, 15) is 13.2 Å². The smallest absolute Gasteiger partial charge is 0.258 e. The van der Waals surface area contributed by atoms with Crippen LogP contribution in [-0.2, 0) is 14.8 Å². The average Bonchev–Trinajstić information content (AvgIpc) is 3.48. The number of hydrogen-bond acceptors (Lipinski definition) is 5. The van der Waals surface area contributed by atoms with E-state index in [2.05, 4.69) is 4.98 Å². The van der Waals surface area contributed by atoms with Crippen molar-refractivity contribution in [3.05, 3.63) is 112 Å². The van der Waals surface area contributed by atoms with E-state index in [1.165, 1.54) is 15.6 Å². The number of likely N-dealkylation sites (N-methyl/N-ethyl adjacent to an activating group) is 1. The van der Waals surface area contributed by atoms with E-state index in [4.69, 9.17) is 0 Å². The van der Waals surface area contributed by atoms with Crippen LogP contribution in [0.15, 0.2) is 95.5 Å². The van der Waals surface area contributed by atoms with Crippen LogP contribution in [0.25, 0.3) is 11.6 Å². The fourth-order valence-corrected chi connectivity index (χ4v) is 6.27. The van der Waals surface area contributed by atoms with Gasteiger partial charge in [0.2, 0.25) is 10.0 Å². The lowest BCUT2D eigenvalue weighted by atomic mass is 9.99. The molecule has 2 heterocycles. The number of fused-ring (bicyclic) bond motifs is 1. The van der Waals surface area contributed by atoms with E-state index in [0.717, 1.165) is 16.0 Å². The molecule has 3 aromatic carbocycles. The van der Waals surface area contributed by atoms with Crippen LogP contribution in [0.1, 0.15) is 27.6 Å². The lowest BCUT2D eigenvalue weighted by Crippen LogP contribution is -2.32. The van der Waals surface area contributed by atoms with Crippen LogP contribution in [0, 0.1) is 0 Å². The van der Waals surface area contributed by atoms with Gasteiger partial charge < -0.3 is 4.90 Å². The van der Waals surface area contributed by atoms with Gasteiger partial charge in [-0.15, -0.1) is 11.3 Å². The van der Waals surface area contributed by atoms with Gasteiger partial charge in [0.1, 0.15) is 0 Å². The molecule has 176 valence electrons. The summed E-state index contributed by atoms with van der Waals surface area (Å²) in [4.78, 5) is 19.5. The van der Waals surface area contributed by atoms with Gasteiger partial charge in [0.25, 0.3) is 5.91 Å². The largest absolute Gasteiger partial charge is 0.311 e. The van der Waals surface area contributed by atoms with Crippen LogP contribution < -0.4 is 4.90 Å². The lowest BCUT2D eigenvalue weighted by Gasteiger charge is -2.28. The van der Waals surface area contributed by atoms with E-state index >= 15 is 0 Å². The Hall–Kier alpha value is -3.59. The van der Waals surface area contributed by atoms with Crippen molar-refractivity contribution < 1.29 is 13.2 Å². The second kappa shape index (κ2) is 9.22. The molecule has 6 nitrogen and oxygen atoms in total. The van der Waals surface area contributed by atoms with Crippen molar-refractivity contribution in [3.63, 3.8) is 0 Å². The Morgan fingerprint density at radius 3 is 2.17 bits per heavy atom. The van der Waals surface area contributed by atoms with Gasteiger partial charge in [0.15, 0.2) is 0 Å². The quantitative estimate of drug-likeness (QED) is 0.346. The van der Waals surface area contributed by atoms with Gasteiger partial charge in [-0.25, -0.2) is 8.42 Å². The molecule has 0 spiro atoms. The normalized spacial score (nSPS) is 14.8. The average molecular weight is 502 g/mol. The first-order chi connectivity index (χ1) is 16.9. The molecule has 0 bridgehead atoms. The molecule has 1 aliphatic rings. The van der Waals surface area contributed by atoms with Crippen molar-refractivity contribution in [2.75, 3.05) is 19.0 Å². The Kier molecular flexibility index (Phi) is 6.10. The van der Waals surface area contributed by atoms with E-state index in [1.807, 2.05) is 60.7 Å². The third-order valence-corrected chi connectivity index (χ3v) is 8.71. The first kappa shape index (κ1) is 23.2. The molecule has 0 N–H and O–H groups in total. The van der Waals surface area contributed by atoms with Crippen molar-refractivity contribution in [1.82, 2.24) is 9.29 Å². The van der Waals surface area contributed by atoms with E-state index in [-0.39, 0.29) is 10.8 Å². The molecule has 0 saturated carbocycles. The zero-order valence-electron chi connectivity index (χ0n) is 19.2. The fourth-order valence-electron chi connectivity index (χ4n) is 4.36. The summed E-state index contributed by atoms with van der Waals surface area (Å²) in [6.07, 6.45) is 3.45. The second-order valence-corrected chi connectivity index (χ2v) is 11.2. The van der Waals surface area contributed by atoms with Crippen molar-refractivity contribution in [2.45, 2.75) is 10.9 Å². The number of benzene rings is 3. The molecule has 5 rings (SSSR count). The first-order valence-electron chi connectivity index (χ1n) is 11.0. The van der Waals surface area contributed by atoms with E-state index in [1.54, 1.807) is 55.0 Å². The number of carbonyl (C=O) groups excluding carboxylic acids is 1. The standard InChI is InChI=1S/C27H23N3O3S2/c1-29-25-14-13-22(16-23(25)24(27(29)31)15-21-17-28-18-34-21)35(32,33)30(2)26(19-9-5-3-6-10-19)20-11-7-4-8-12-20/h3-18,26H,1-2H3/b24-15+. The Morgan fingerprint density at radius 2 is 1.60 bits per heavy atom. The Bertz CT molecular complexity index is 1460. The number of hydrogen-bond donors (Lipinski definition) is 0. The molecule has 1 aliphatic heterocycles. The third-order valence-electron chi connectivity index (χ3n) is 6.16. The first-order valence-corrected chi connectivity index (χ1v) is 13.3. The van der Waals surface area contributed by atoms with Crippen LogP contribution in [0.2, 0.25) is 0 Å². The van der Waals surface area contributed by atoms with Crippen molar-refractivity contribution in [3.8, 4) is 0 Å². The summed E-state index contributed by atoms with van der Waals surface area (Å²) in [6.45, 7) is 0. The maximum absolute atomic E-state index is 13.9. The summed E-state index contributed by atoms with van der Waals surface area (Å²) in [5.41, 5.74) is 5.15.